The van der Waals surface area contributed by atoms with Crippen molar-refractivity contribution in [3.63, 3.8) is 0 Å². The van der Waals surface area contributed by atoms with Gasteiger partial charge >= 0.3 is 0 Å². The molecule has 2 amide bonds. The number of carbonyl (C=O) groups excluding carboxylic acids is 2. The van der Waals surface area contributed by atoms with Crippen LogP contribution in [0.2, 0.25) is 0 Å². The van der Waals surface area contributed by atoms with Crippen molar-refractivity contribution < 1.29 is 48.8 Å². The molecule has 2 aromatic rings. The first-order valence-electron chi connectivity index (χ1n) is 18.0. The average Bonchev–Trinajstić information content (AvgIpc) is 3.55. The molecule has 2 unspecified atom stereocenters. The molecule has 314 valence electrons. The summed E-state index contributed by atoms with van der Waals surface area (Å²) in [4.78, 5) is 39.0. The summed E-state index contributed by atoms with van der Waals surface area (Å²) in [6.45, 7) is 6.08. The lowest BCUT2D eigenvalue weighted by Gasteiger charge is -2.34. The van der Waals surface area contributed by atoms with Gasteiger partial charge in [0.1, 0.15) is 16.0 Å². The number of carbonyl (C=O) groups is 2. The van der Waals surface area contributed by atoms with Gasteiger partial charge in [0.25, 0.3) is 32.1 Å². The summed E-state index contributed by atoms with van der Waals surface area (Å²) in [7, 11) is -9.39. The van der Waals surface area contributed by atoms with E-state index in [2.05, 4.69) is 5.43 Å². The third-order valence-electron chi connectivity index (χ3n) is 10.6. The number of hydroxylamine groups is 2. The lowest BCUT2D eigenvalue weighted by molar-refractivity contribution is -0.163. The van der Waals surface area contributed by atoms with E-state index in [9.17, 15) is 43.9 Å². The Morgan fingerprint density at radius 2 is 1.66 bits per heavy atom. The summed E-state index contributed by atoms with van der Waals surface area (Å²) in [5.74, 6) is 3.79. The van der Waals surface area contributed by atoms with E-state index in [1.807, 2.05) is 25.7 Å². The smallest absolute Gasteiger partial charge is 0.294 e. The zero-order chi connectivity index (χ0) is 43.0. The van der Waals surface area contributed by atoms with Gasteiger partial charge < -0.3 is 9.80 Å². The van der Waals surface area contributed by atoms with Gasteiger partial charge in [0.2, 0.25) is 0 Å². The number of nitrogens with one attached hydrogen (secondary N) is 1. The molecule has 20 heteroatoms. The summed E-state index contributed by atoms with van der Waals surface area (Å²) in [5.41, 5.74) is 4.31. The van der Waals surface area contributed by atoms with Crippen LogP contribution >= 0.6 is 0 Å². The number of anilines is 1. The molecule has 2 aromatic carbocycles. The number of hydrogen-bond donors (Lipinski definition) is 4. The maximum Gasteiger partial charge on any atom is 0.294 e. The van der Waals surface area contributed by atoms with Crippen molar-refractivity contribution in [2.45, 2.75) is 50.1 Å². The minimum atomic E-state index is -4.66. The highest BCUT2D eigenvalue weighted by Gasteiger charge is 2.46. The fourth-order valence-corrected chi connectivity index (χ4v) is 9.10. The molecule has 5 N–H and O–H groups in total. The van der Waals surface area contributed by atoms with Crippen LogP contribution in [0.25, 0.3) is 0 Å². The molecule has 58 heavy (non-hydrogen) atoms. The number of fused-ring (bicyclic) bond motifs is 2. The van der Waals surface area contributed by atoms with Crippen LogP contribution < -0.4 is 16.2 Å². The van der Waals surface area contributed by atoms with Gasteiger partial charge in [-0.1, -0.05) is 32.1 Å². The number of hydrogen-bond acceptors (Lipinski definition) is 13. The number of hydrazine groups is 1. The summed E-state index contributed by atoms with van der Waals surface area (Å²) in [5, 5.41) is 1.09. The van der Waals surface area contributed by atoms with Gasteiger partial charge in [-0.2, -0.15) is 16.8 Å². The third-order valence-corrected chi connectivity index (χ3v) is 13.3. The van der Waals surface area contributed by atoms with Gasteiger partial charge in [-0.3, -0.25) is 34.0 Å². The van der Waals surface area contributed by atoms with Gasteiger partial charge in [-0.15, -0.1) is 0 Å². The largest absolute Gasteiger partial charge is 0.352 e. The molecule has 2 atom stereocenters. The highest BCUT2D eigenvalue weighted by atomic mass is 32.2. The molecule has 17 nitrogen and oxygen atoms in total. The van der Waals surface area contributed by atoms with Crippen molar-refractivity contribution >= 4 is 53.3 Å². The summed E-state index contributed by atoms with van der Waals surface area (Å²) < 4.78 is 91.8. The first-order valence-corrected chi connectivity index (χ1v) is 23.2. The van der Waals surface area contributed by atoms with E-state index in [4.69, 9.17) is 15.7 Å². The molecule has 0 fully saturated rings. The standard InChI is InChI=1S/C38H48N6O11S3/c1-37(2)30-22-26(36(46)42(4)55-5)24-43(18-8-20-56(6,47)48)34(30)40-32(37)10-7-11-33-38(3,27-14-12-25(13-15-27)35(45)41-39)29-23-28(58(52,53)54)16-17-31(29)44(33)19-9-21-57(49,50)51/h7,10-17,22-24,34H,8-9,18-21,39H2,1-6H3,(H,41,45)(H,49,50,51)(H,52,53,54). The second-order valence-corrected chi connectivity index (χ2v) is 20.2. The SMILES string of the molecule is CON(C)C(=O)C1=CN(CCCS(C)(=O)=O)C2N=C(C=CC=C3N(CCCS(=O)(=O)O)c4ccc(S(=O)(=O)O)cc4C3(C)c3ccc(C(=O)NN)cc3)C(C)(C)C2=C1. The molecule has 5 rings (SSSR count). The van der Waals surface area contributed by atoms with Crippen LogP contribution in [0.3, 0.4) is 0 Å². The number of nitrogen functional groups attached to an aromatic ring is 1. The Hall–Kier alpha value is -4.70. The Bertz CT molecular complexity index is 2480. The molecule has 0 bridgehead atoms. The first kappa shape index (κ1) is 44.4. The number of rotatable bonds is 15. The zero-order valence-electron chi connectivity index (χ0n) is 32.9. The fraction of sp³-hybridized carbons (Fsp3) is 0.395. The Labute approximate surface area is 339 Å². The summed E-state index contributed by atoms with van der Waals surface area (Å²) in [6, 6.07) is 10.6. The number of aliphatic imine (C=N–C) groups is 1. The second kappa shape index (κ2) is 16.5. The maximum absolute atomic E-state index is 13.3. The lowest BCUT2D eigenvalue weighted by Crippen LogP contribution is -2.38. The fourth-order valence-electron chi connectivity index (χ4n) is 7.45. The maximum atomic E-state index is 13.3. The number of benzene rings is 2. The molecule has 0 saturated carbocycles. The van der Waals surface area contributed by atoms with Gasteiger partial charge in [-0.25, -0.2) is 19.3 Å². The van der Waals surface area contributed by atoms with Crippen LogP contribution in [-0.4, -0.2) is 113 Å². The van der Waals surface area contributed by atoms with Crippen molar-refractivity contribution in [3.8, 4) is 0 Å². The van der Waals surface area contributed by atoms with E-state index in [0.717, 1.165) is 16.9 Å². The lowest BCUT2D eigenvalue weighted by atomic mass is 9.75. The first-order chi connectivity index (χ1) is 26.9. The van der Waals surface area contributed by atoms with Crippen molar-refractivity contribution in [2.75, 3.05) is 49.9 Å². The minimum Gasteiger partial charge on any atom is -0.352 e. The molecule has 0 aromatic heterocycles. The molecule has 0 saturated heterocycles. The van der Waals surface area contributed by atoms with Crippen molar-refractivity contribution in [1.29, 1.82) is 0 Å². The highest BCUT2D eigenvalue weighted by molar-refractivity contribution is 7.90. The number of likely N-dealkylation sites (N-methyl/N-ethyl adjacent to an activating group) is 1. The number of nitrogens with zero attached hydrogens (tertiary/aromatic N) is 4. The average molecular weight is 861 g/mol. The monoisotopic (exact) mass is 860 g/mol. The van der Waals surface area contributed by atoms with E-state index >= 15 is 0 Å². The predicted molar refractivity (Wildman–Crippen MR) is 218 cm³/mol. The van der Waals surface area contributed by atoms with Crippen LogP contribution in [0.1, 0.15) is 55.1 Å². The van der Waals surface area contributed by atoms with Crippen molar-refractivity contribution in [1.82, 2.24) is 15.4 Å². The molecule has 3 heterocycles. The number of amides is 2. The Morgan fingerprint density at radius 1 is 1.00 bits per heavy atom. The molecular weight excluding hydrogens is 813 g/mol. The van der Waals surface area contributed by atoms with E-state index in [-0.39, 0.29) is 42.1 Å². The molecule has 3 aliphatic heterocycles. The normalized spacial score (nSPS) is 21.1. The molecule has 0 spiro atoms. The van der Waals surface area contributed by atoms with Gasteiger partial charge in [-0.05, 0) is 85.0 Å². The van der Waals surface area contributed by atoms with E-state index in [1.165, 1.54) is 32.4 Å². The Morgan fingerprint density at radius 3 is 2.24 bits per heavy atom. The van der Waals surface area contributed by atoms with E-state index in [1.54, 1.807) is 59.7 Å². The Balaban J connectivity index is 1.64. The minimum absolute atomic E-state index is 0.0118. The predicted octanol–water partition coefficient (Wildman–Crippen LogP) is 2.77. The Kier molecular flexibility index (Phi) is 12.6. The van der Waals surface area contributed by atoms with E-state index in [0.29, 0.717) is 33.8 Å². The zero-order valence-corrected chi connectivity index (χ0v) is 35.4. The van der Waals surface area contributed by atoms with Gasteiger partial charge in [0, 0.05) is 60.7 Å². The molecule has 0 radical (unpaired) electrons. The van der Waals surface area contributed by atoms with Crippen LogP contribution in [0.15, 0.2) is 99.7 Å². The van der Waals surface area contributed by atoms with Gasteiger partial charge in [0.15, 0.2) is 0 Å². The summed E-state index contributed by atoms with van der Waals surface area (Å²) >= 11 is 0. The van der Waals surface area contributed by atoms with Crippen LogP contribution in [0, 0.1) is 5.41 Å². The number of nitrogens with two attached hydrogens (primary N) is 1. The second-order valence-electron chi connectivity index (χ2n) is 14.9. The molecule has 3 aliphatic rings. The van der Waals surface area contributed by atoms with Crippen molar-refractivity contribution in [3.05, 3.63) is 107 Å². The molecule has 0 aliphatic carbocycles. The quantitative estimate of drug-likeness (QED) is 0.0871. The summed E-state index contributed by atoms with van der Waals surface area (Å²) in [6.07, 6.45) is 9.63. The number of sulfone groups is 1. The topological polar surface area (TPSA) is 246 Å². The van der Waals surface area contributed by atoms with Crippen LogP contribution in [0.5, 0.6) is 0 Å². The third kappa shape index (κ3) is 9.27. The van der Waals surface area contributed by atoms with Crippen LogP contribution in [-0.2, 0) is 45.1 Å². The van der Waals surface area contributed by atoms with Gasteiger partial charge in [0.05, 0.1) is 34.5 Å². The number of allylic oxidation sites excluding steroid dienone is 4. The molecular formula is C38H48N6O11S3. The van der Waals surface area contributed by atoms with Crippen LogP contribution in [0.4, 0.5) is 5.69 Å². The van der Waals surface area contributed by atoms with Crippen molar-refractivity contribution in [2.24, 2.45) is 16.3 Å². The van der Waals surface area contributed by atoms with E-state index < -0.39 is 64.6 Å². The highest BCUT2D eigenvalue weighted by Crippen LogP contribution is 2.52.